The lowest BCUT2D eigenvalue weighted by Gasteiger charge is -2.21. The molecule has 0 bridgehead atoms. The predicted octanol–water partition coefficient (Wildman–Crippen LogP) is 2.15. The topological polar surface area (TPSA) is 59.4 Å². The van der Waals surface area contributed by atoms with E-state index in [0.29, 0.717) is 31.1 Å². The number of nitrogens with one attached hydrogen (secondary N) is 1. The van der Waals surface area contributed by atoms with Crippen LogP contribution in [0.5, 0.6) is 5.88 Å². The lowest BCUT2D eigenvalue weighted by Crippen LogP contribution is -2.31. The molecule has 1 atom stereocenters. The van der Waals surface area contributed by atoms with Crippen LogP contribution in [-0.2, 0) is 6.54 Å². The van der Waals surface area contributed by atoms with Crippen LogP contribution in [0.1, 0.15) is 34.1 Å². The Morgan fingerprint density at radius 2 is 2.12 bits per heavy atom. The van der Waals surface area contributed by atoms with Gasteiger partial charge < -0.3 is 15.0 Å². The Morgan fingerprint density at radius 3 is 2.76 bits per heavy atom. The summed E-state index contributed by atoms with van der Waals surface area (Å²) in [5.41, 5.74) is 2.00. The molecule has 0 fully saturated rings. The first-order chi connectivity index (χ1) is 12.0. The summed E-state index contributed by atoms with van der Waals surface area (Å²) in [6.45, 7) is 3.88. The monoisotopic (exact) mass is 346 g/mol. The standard InChI is InChI=1S/C18H23FN4O2/c1-12-16(21-23-10-11-25-18(12)23)17(24)20-15(8-9-22(2)3)13-4-6-14(19)7-5-13/h4-7,15H,8-11H2,1-3H3,(H,20,24). The summed E-state index contributed by atoms with van der Waals surface area (Å²) >= 11 is 0. The number of halogens is 1. The van der Waals surface area contributed by atoms with Crippen molar-refractivity contribution in [1.29, 1.82) is 0 Å². The summed E-state index contributed by atoms with van der Waals surface area (Å²) in [4.78, 5) is 14.8. The number of ether oxygens (including phenoxy) is 1. The van der Waals surface area contributed by atoms with Crippen LogP contribution < -0.4 is 10.1 Å². The van der Waals surface area contributed by atoms with Gasteiger partial charge in [-0.1, -0.05) is 12.1 Å². The highest BCUT2D eigenvalue weighted by Gasteiger charge is 2.26. The molecule has 2 heterocycles. The van der Waals surface area contributed by atoms with Crippen molar-refractivity contribution in [2.75, 3.05) is 27.2 Å². The molecular formula is C18H23FN4O2. The van der Waals surface area contributed by atoms with E-state index in [1.165, 1.54) is 12.1 Å². The summed E-state index contributed by atoms with van der Waals surface area (Å²) in [7, 11) is 3.95. The van der Waals surface area contributed by atoms with E-state index in [9.17, 15) is 9.18 Å². The van der Waals surface area contributed by atoms with E-state index in [0.717, 1.165) is 17.7 Å². The van der Waals surface area contributed by atoms with Gasteiger partial charge in [-0.05, 0) is 51.7 Å². The van der Waals surface area contributed by atoms with E-state index in [4.69, 9.17) is 4.74 Å². The highest BCUT2D eigenvalue weighted by atomic mass is 19.1. The predicted molar refractivity (Wildman–Crippen MR) is 92.2 cm³/mol. The largest absolute Gasteiger partial charge is 0.476 e. The lowest BCUT2D eigenvalue weighted by molar-refractivity contribution is 0.0926. The fraction of sp³-hybridized carbons (Fsp3) is 0.444. The van der Waals surface area contributed by atoms with Gasteiger partial charge in [-0.15, -0.1) is 0 Å². The van der Waals surface area contributed by atoms with Gasteiger partial charge in [0, 0.05) is 5.56 Å². The van der Waals surface area contributed by atoms with Crippen LogP contribution in [0.2, 0.25) is 0 Å². The number of hydrogen-bond donors (Lipinski definition) is 1. The quantitative estimate of drug-likeness (QED) is 0.871. The first kappa shape index (κ1) is 17.4. The number of rotatable bonds is 6. The van der Waals surface area contributed by atoms with Crippen LogP contribution in [0.3, 0.4) is 0 Å². The molecule has 0 saturated heterocycles. The molecule has 25 heavy (non-hydrogen) atoms. The van der Waals surface area contributed by atoms with Gasteiger partial charge in [0.25, 0.3) is 5.91 Å². The average Bonchev–Trinajstić information content (AvgIpc) is 3.15. The molecule has 0 saturated carbocycles. The third-order valence-corrected chi connectivity index (χ3v) is 4.33. The Balaban J connectivity index is 1.79. The van der Waals surface area contributed by atoms with E-state index in [1.54, 1.807) is 16.8 Å². The molecule has 2 aromatic rings. The second-order valence-electron chi connectivity index (χ2n) is 6.52. The van der Waals surface area contributed by atoms with Crippen LogP contribution in [0.25, 0.3) is 0 Å². The Labute approximate surface area is 146 Å². The van der Waals surface area contributed by atoms with Gasteiger partial charge in [-0.3, -0.25) is 4.79 Å². The lowest BCUT2D eigenvalue weighted by atomic mass is 10.0. The first-order valence-electron chi connectivity index (χ1n) is 8.37. The Kier molecular flexibility index (Phi) is 5.03. The van der Waals surface area contributed by atoms with Crippen molar-refractivity contribution in [3.05, 3.63) is 46.9 Å². The van der Waals surface area contributed by atoms with Crippen LogP contribution in [0, 0.1) is 12.7 Å². The third-order valence-electron chi connectivity index (χ3n) is 4.33. The van der Waals surface area contributed by atoms with Crippen molar-refractivity contribution in [3.8, 4) is 5.88 Å². The van der Waals surface area contributed by atoms with Gasteiger partial charge in [-0.25, -0.2) is 9.07 Å². The molecular weight excluding hydrogens is 323 g/mol. The van der Waals surface area contributed by atoms with E-state index < -0.39 is 0 Å². The zero-order valence-corrected chi connectivity index (χ0v) is 14.8. The van der Waals surface area contributed by atoms with Gasteiger partial charge in [0.2, 0.25) is 5.88 Å². The number of nitrogens with zero attached hydrogens (tertiary/aromatic N) is 3. The van der Waals surface area contributed by atoms with Crippen LogP contribution in [-0.4, -0.2) is 47.8 Å². The molecule has 7 heteroatoms. The molecule has 6 nitrogen and oxygen atoms in total. The van der Waals surface area contributed by atoms with Crippen molar-refractivity contribution >= 4 is 5.91 Å². The summed E-state index contributed by atoms with van der Waals surface area (Å²) in [6.07, 6.45) is 0.716. The minimum Gasteiger partial charge on any atom is -0.476 e. The molecule has 1 aliphatic rings. The number of benzene rings is 1. The molecule has 0 spiro atoms. The fourth-order valence-corrected chi connectivity index (χ4v) is 2.95. The molecule has 0 radical (unpaired) electrons. The number of carbonyl (C=O) groups is 1. The summed E-state index contributed by atoms with van der Waals surface area (Å²) in [5, 5.41) is 7.39. The molecule has 1 aromatic heterocycles. The molecule has 0 aliphatic carbocycles. The number of fused-ring (bicyclic) bond motifs is 1. The van der Waals surface area contributed by atoms with Crippen LogP contribution in [0.15, 0.2) is 24.3 Å². The summed E-state index contributed by atoms with van der Waals surface area (Å²) in [5.74, 6) is 0.132. The van der Waals surface area contributed by atoms with Crippen molar-refractivity contribution in [3.63, 3.8) is 0 Å². The van der Waals surface area contributed by atoms with Gasteiger partial charge in [0.1, 0.15) is 12.4 Å². The normalized spacial score (nSPS) is 14.3. The van der Waals surface area contributed by atoms with E-state index >= 15 is 0 Å². The van der Waals surface area contributed by atoms with Crippen molar-refractivity contribution in [1.82, 2.24) is 20.0 Å². The van der Waals surface area contributed by atoms with E-state index in [-0.39, 0.29) is 17.8 Å². The molecule has 1 unspecified atom stereocenters. The minimum absolute atomic E-state index is 0.215. The highest BCUT2D eigenvalue weighted by Crippen LogP contribution is 2.26. The van der Waals surface area contributed by atoms with Crippen LogP contribution >= 0.6 is 0 Å². The second-order valence-corrected chi connectivity index (χ2v) is 6.52. The molecule has 3 rings (SSSR count). The fourth-order valence-electron chi connectivity index (χ4n) is 2.95. The summed E-state index contributed by atoms with van der Waals surface area (Å²) < 4.78 is 20.4. The van der Waals surface area contributed by atoms with Crippen molar-refractivity contribution < 1.29 is 13.9 Å². The maximum Gasteiger partial charge on any atom is 0.272 e. The Hall–Kier alpha value is -2.41. The first-order valence-corrected chi connectivity index (χ1v) is 8.37. The van der Waals surface area contributed by atoms with Gasteiger partial charge >= 0.3 is 0 Å². The molecule has 1 N–H and O–H groups in total. The van der Waals surface area contributed by atoms with E-state index in [2.05, 4.69) is 10.4 Å². The highest BCUT2D eigenvalue weighted by molar-refractivity contribution is 5.94. The summed E-state index contributed by atoms with van der Waals surface area (Å²) in [6, 6.07) is 6.02. The number of amides is 1. The van der Waals surface area contributed by atoms with Gasteiger partial charge in [0.05, 0.1) is 12.6 Å². The average molecular weight is 346 g/mol. The molecule has 1 amide bonds. The number of hydrogen-bond acceptors (Lipinski definition) is 4. The van der Waals surface area contributed by atoms with Crippen LogP contribution in [0.4, 0.5) is 4.39 Å². The molecule has 1 aliphatic heterocycles. The third kappa shape index (κ3) is 3.82. The van der Waals surface area contributed by atoms with E-state index in [1.807, 2.05) is 25.9 Å². The number of carbonyl (C=O) groups excluding carboxylic acids is 1. The van der Waals surface area contributed by atoms with Crippen molar-refractivity contribution in [2.24, 2.45) is 0 Å². The zero-order valence-electron chi connectivity index (χ0n) is 14.8. The SMILES string of the molecule is Cc1c(C(=O)NC(CCN(C)C)c2ccc(F)cc2)nn2c1OCC2. The molecule has 134 valence electrons. The smallest absolute Gasteiger partial charge is 0.272 e. The minimum atomic E-state index is -0.292. The maximum absolute atomic E-state index is 13.2. The van der Waals surface area contributed by atoms with Gasteiger partial charge in [0.15, 0.2) is 5.69 Å². The number of aromatic nitrogens is 2. The zero-order chi connectivity index (χ0) is 18.0. The van der Waals surface area contributed by atoms with Gasteiger partial charge in [-0.2, -0.15) is 5.10 Å². The van der Waals surface area contributed by atoms with Crippen molar-refractivity contribution in [2.45, 2.75) is 25.9 Å². The second kappa shape index (κ2) is 7.23. The molecule has 1 aromatic carbocycles. The maximum atomic E-state index is 13.2. The Bertz CT molecular complexity index is 755. The Morgan fingerprint density at radius 1 is 1.40 bits per heavy atom.